The molecule has 0 bridgehead atoms. The number of piperidine rings is 1. The van der Waals surface area contributed by atoms with E-state index in [-0.39, 0.29) is 5.54 Å². The van der Waals surface area contributed by atoms with Crippen LogP contribution in [0.5, 0.6) is 5.75 Å². The van der Waals surface area contributed by atoms with Crippen molar-refractivity contribution in [3.05, 3.63) is 29.8 Å². The van der Waals surface area contributed by atoms with Crippen LogP contribution in [-0.2, 0) is 6.42 Å². The summed E-state index contributed by atoms with van der Waals surface area (Å²) in [7, 11) is 3.86. The first-order valence-electron chi connectivity index (χ1n) is 6.72. The van der Waals surface area contributed by atoms with Crippen molar-refractivity contribution in [3.8, 4) is 5.75 Å². The minimum Gasteiger partial charge on any atom is -0.497 e. The lowest BCUT2D eigenvalue weighted by Crippen LogP contribution is -2.53. The van der Waals surface area contributed by atoms with Crippen LogP contribution < -0.4 is 10.5 Å². The zero-order valence-corrected chi connectivity index (χ0v) is 11.5. The molecule has 1 fully saturated rings. The first kappa shape index (κ1) is 13.4. The molecule has 0 aliphatic carbocycles. The predicted molar refractivity (Wildman–Crippen MR) is 75.0 cm³/mol. The number of aryl methyl sites for hydroxylation is 1. The molecule has 1 saturated heterocycles. The molecule has 1 aromatic carbocycles. The Morgan fingerprint density at radius 3 is 2.67 bits per heavy atom. The molecule has 0 aromatic heterocycles. The smallest absolute Gasteiger partial charge is 0.118 e. The molecule has 1 aliphatic rings. The molecule has 0 spiro atoms. The second kappa shape index (κ2) is 5.72. The van der Waals surface area contributed by atoms with Crippen LogP contribution in [0.2, 0.25) is 0 Å². The monoisotopic (exact) mass is 248 g/mol. The fourth-order valence-electron chi connectivity index (χ4n) is 2.79. The van der Waals surface area contributed by atoms with Gasteiger partial charge in [-0.2, -0.15) is 0 Å². The van der Waals surface area contributed by atoms with E-state index in [0.29, 0.717) is 0 Å². The van der Waals surface area contributed by atoms with Crippen molar-refractivity contribution in [3.63, 3.8) is 0 Å². The molecule has 1 aliphatic heterocycles. The van der Waals surface area contributed by atoms with Crippen LogP contribution in [0.1, 0.15) is 24.8 Å². The zero-order chi connectivity index (χ0) is 13.0. The number of likely N-dealkylation sites (N-methyl/N-ethyl adjacent to an activating group) is 1. The summed E-state index contributed by atoms with van der Waals surface area (Å²) in [5.41, 5.74) is 7.82. The van der Waals surface area contributed by atoms with Crippen LogP contribution in [0, 0.1) is 0 Å². The second-order valence-electron chi connectivity index (χ2n) is 5.55. The summed E-state index contributed by atoms with van der Waals surface area (Å²) in [4.78, 5) is 2.34. The van der Waals surface area contributed by atoms with Crippen LogP contribution in [0.25, 0.3) is 0 Å². The number of likely N-dealkylation sites (tertiary alicyclic amines) is 1. The van der Waals surface area contributed by atoms with Gasteiger partial charge in [-0.3, -0.25) is 0 Å². The molecule has 2 rings (SSSR count). The van der Waals surface area contributed by atoms with Gasteiger partial charge in [-0.25, -0.2) is 0 Å². The van der Waals surface area contributed by atoms with E-state index >= 15 is 0 Å². The normalized spacial score (nSPS) is 25.1. The highest BCUT2D eigenvalue weighted by molar-refractivity contribution is 5.27. The van der Waals surface area contributed by atoms with Gasteiger partial charge in [0.25, 0.3) is 0 Å². The fourth-order valence-corrected chi connectivity index (χ4v) is 2.79. The lowest BCUT2D eigenvalue weighted by molar-refractivity contribution is 0.170. The Bertz CT molecular complexity index is 377. The predicted octanol–water partition coefficient (Wildman–Crippen LogP) is 2.05. The van der Waals surface area contributed by atoms with Crippen molar-refractivity contribution in [1.82, 2.24) is 4.90 Å². The number of hydrogen-bond donors (Lipinski definition) is 1. The van der Waals surface area contributed by atoms with E-state index in [2.05, 4.69) is 24.1 Å². The SMILES string of the molecule is COc1ccc(CCC2(N)CCCN(C)C2)cc1. The van der Waals surface area contributed by atoms with Gasteiger partial charge in [-0.15, -0.1) is 0 Å². The van der Waals surface area contributed by atoms with Crippen molar-refractivity contribution in [1.29, 1.82) is 0 Å². The first-order valence-corrected chi connectivity index (χ1v) is 6.72. The summed E-state index contributed by atoms with van der Waals surface area (Å²) in [5, 5.41) is 0. The highest BCUT2D eigenvalue weighted by Gasteiger charge is 2.29. The molecule has 18 heavy (non-hydrogen) atoms. The van der Waals surface area contributed by atoms with Gasteiger partial charge < -0.3 is 15.4 Å². The van der Waals surface area contributed by atoms with Gasteiger partial charge in [0, 0.05) is 12.1 Å². The lowest BCUT2D eigenvalue weighted by atomic mass is 9.85. The van der Waals surface area contributed by atoms with Gasteiger partial charge >= 0.3 is 0 Å². The molecule has 0 saturated carbocycles. The van der Waals surface area contributed by atoms with Crippen molar-refractivity contribution in [2.75, 3.05) is 27.2 Å². The molecule has 1 heterocycles. The fraction of sp³-hybridized carbons (Fsp3) is 0.600. The van der Waals surface area contributed by atoms with E-state index in [0.717, 1.165) is 31.6 Å². The topological polar surface area (TPSA) is 38.5 Å². The van der Waals surface area contributed by atoms with Crippen molar-refractivity contribution in [2.45, 2.75) is 31.2 Å². The maximum absolute atomic E-state index is 6.49. The van der Waals surface area contributed by atoms with Crippen LogP contribution in [0.4, 0.5) is 0 Å². The van der Waals surface area contributed by atoms with Crippen LogP contribution in [0.3, 0.4) is 0 Å². The maximum atomic E-state index is 6.49. The Morgan fingerprint density at radius 2 is 2.06 bits per heavy atom. The molecule has 0 amide bonds. The Morgan fingerprint density at radius 1 is 1.33 bits per heavy atom. The number of rotatable bonds is 4. The van der Waals surface area contributed by atoms with Gasteiger partial charge in [-0.1, -0.05) is 12.1 Å². The minimum absolute atomic E-state index is 0.00702. The summed E-state index contributed by atoms with van der Waals surface area (Å²) < 4.78 is 5.17. The largest absolute Gasteiger partial charge is 0.497 e. The van der Waals surface area contributed by atoms with Gasteiger partial charge in [0.15, 0.2) is 0 Å². The molecular weight excluding hydrogens is 224 g/mol. The number of methoxy groups -OCH3 is 1. The number of hydrogen-bond acceptors (Lipinski definition) is 3. The number of nitrogens with two attached hydrogens (primary N) is 1. The summed E-state index contributed by atoms with van der Waals surface area (Å²) >= 11 is 0. The third kappa shape index (κ3) is 3.47. The Balaban J connectivity index is 1.89. The van der Waals surface area contributed by atoms with Gasteiger partial charge in [-0.05, 0) is 57.0 Å². The second-order valence-corrected chi connectivity index (χ2v) is 5.55. The maximum Gasteiger partial charge on any atom is 0.118 e. The minimum atomic E-state index is -0.00702. The van der Waals surface area contributed by atoms with E-state index in [4.69, 9.17) is 10.5 Å². The quantitative estimate of drug-likeness (QED) is 0.886. The summed E-state index contributed by atoms with van der Waals surface area (Å²) in [6.45, 7) is 2.20. The van der Waals surface area contributed by atoms with Gasteiger partial charge in [0.2, 0.25) is 0 Å². The first-order chi connectivity index (χ1) is 8.61. The summed E-state index contributed by atoms with van der Waals surface area (Å²) in [5.74, 6) is 0.915. The molecule has 1 unspecified atom stereocenters. The lowest BCUT2D eigenvalue weighted by Gasteiger charge is -2.38. The number of ether oxygens (including phenoxy) is 1. The molecule has 3 nitrogen and oxygen atoms in total. The number of nitrogens with zero attached hydrogens (tertiary/aromatic N) is 1. The molecule has 3 heteroatoms. The third-order valence-electron chi connectivity index (χ3n) is 3.87. The standard InChI is InChI=1S/C15H24N2O/c1-17-11-3-9-15(16,12-17)10-8-13-4-6-14(18-2)7-5-13/h4-7H,3,8-12,16H2,1-2H3. The Labute approximate surface area is 110 Å². The summed E-state index contributed by atoms with van der Waals surface area (Å²) in [6, 6.07) is 8.31. The van der Waals surface area contributed by atoms with E-state index in [1.54, 1.807) is 7.11 Å². The highest BCUT2D eigenvalue weighted by atomic mass is 16.5. The Kier molecular flexibility index (Phi) is 4.25. The Hall–Kier alpha value is -1.06. The third-order valence-corrected chi connectivity index (χ3v) is 3.87. The van der Waals surface area contributed by atoms with Crippen molar-refractivity contribution < 1.29 is 4.74 Å². The van der Waals surface area contributed by atoms with E-state index in [9.17, 15) is 0 Å². The molecule has 0 radical (unpaired) electrons. The van der Waals surface area contributed by atoms with Crippen LogP contribution in [0.15, 0.2) is 24.3 Å². The summed E-state index contributed by atoms with van der Waals surface area (Å²) in [6.07, 6.45) is 4.47. The van der Waals surface area contributed by atoms with Crippen molar-refractivity contribution >= 4 is 0 Å². The molecule has 1 atom stereocenters. The van der Waals surface area contributed by atoms with Crippen molar-refractivity contribution in [2.24, 2.45) is 5.73 Å². The average Bonchev–Trinajstić information content (AvgIpc) is 2.37. The molecule has 2 N–H and O–H groups in total. The molecule has 100 valence electrons. The molecular formula is C15H24N2O. The highest BCUT2D eigenvalue weighted by Crippen LogP contribution is 2.23. The van der Waals surface area contributed by atoms with Crippen LogP contribution in [-0.4, -0.2) is 37.7 Å². The van der Waals surface area contributed by atoms with E-state index in [1.807, 2.05) is 12.1 Å². The number of benzene rings is 1. The molecule has 1 aromatic rings. The zero-order valence-electron chi connectivity index (χ0n) is 11.5. The van der Waals surface area contributed by atoms with Gasteiger partial charge in [0.1, 0.15) is 5.75 Å². The average molecular weight is 248 g/mol. The van der Waals surface area contributed by atoms with E-state index < -0.39 is 0 Å². The van der Waals surface area contributed by atoms with Crippen LogP contribution >= 0.6 is 0 Å². The van der Waals surface area contributed by atoms with Gasteiger partial charge in [0.05, 0.1) is 7.11 Å². The van der Waals surface area contributed by atoms with E-state index in [1.165, 1.54) is 18.5 Å².